The number of piperazine rings is 1. The molecule has 2 bridgehead atoms. The number of hydrogen-bond acceptors (Lipinski definition) is 3. The minimum atomic E-state index is -0.385. The van der Waals surface area contributed by atoms with Gasteiger partial charge in [0.1, 0.15) is 5.60 Å². The minimum Gasteiger partial charge on any atom is -0.444 e. The fourth-order valence-corrected chi connectivity index (χ4v) is 3.38. The minimum absolute atomic E-state index is 0.130. The molecule has 0 aromatic heterocycles. The largest absolute Gasteiger partial charge is 0.444 e. The van der Waals surface area contributed by atoms with Gasteiger partial charge in [0.05, 0.1) is 0 Å². The van der Waals surface area contributed by atoms with Gasteiger partial charge in [0.15, 0.2) is 0 Å². The molecule has 20 heavy (non-hydrogen) atoms. The predicted molar refractivity (Wildman–Crippen MR) is 80.8 cm³/mol. The predicted octanol–water partition coefficient (Wildman–Crippen LogP) is 3.26. The highest BCUT2D eigenvalue weighted by Crippen LogP contribution is 2.40. The maximum atomic E-state index is 12.1. The smallest absolute Gasteiger partial charge is 0.410 e. The SMILES string of the molecule is CC.CC(C)(C)OC(=O)N1CC2CCC(C1)N2C1CC1. The molecule has 3 aliphatic rings. The van der Waals surface area contributed by atoms with E-state index >= 15 is 0 Å². The van der Waals surface area contributed by atoms with Crippen molar-refractivity contribution in [2.24, 2.45) is 0 Å². The number of likely N-dealkylation sites (tertiary alicyclic amines) is 1. The molecule has 4 heteroatoms. The molecule has 1 saturated carbocycles. The molecule has 0 aromatic carbocycles. The number of hydrogen-bond donors (Lipinski definition) is 0. The van der Waals surface area contributed by atoms with Crippen LogP contribution in [0.1, 0.15) is 60.3 Å². The van der Waals surface area contributed by atoms with Gasteiger partial charge in [-0.25, -0.2) is 4.79 Å². The van der Waals surface area contributed by atoms with Crippen LogP contribution in [0.4, 0.5) is 4.79 Å². The van der Waals surface area contributed by atoms with Crippen LogP contribution < -0.4 is 0 Å². The summed E-state index contributed by atoms with van der Waals surface area (Å²) in [5.74, 6) is 0. The van der Waals surface area contributed by atoms with Crippen molar-refractivity contribution in [3.63, 3.8) is 0 Å². The molecule has 0 N–H and O–H groups in total. The molecule has 2 heterocycles. The Morgan fingerprint density at radius 2 is 1.40 bits per heavy atom. The topological polar surface area (TPSA) is 32.8 Å². The third kappa shape index (κ3) is 3.46. The van der Waals surface area contributed by atoms with Crippen LogP contribution in [0.3, 0.4) is 0 Å². The number of rotatable bonds is 1. The normalized spacial score (nSPS) is 29.8. The Hall–Kier alpha value is -0.770. The van der Waals surface area contributed by atoms with Gasteiger partial charge in [0, 0.05) is 31.2 Å². The first-order valence-electron chi connectivity index (χ1n) is 8.19. The third-order valence-corrected chi connectivity index (χ3v) is 4.16. The lowest BCUT2D eigenvalue weighted by Crippen LogP contribution is -2.56. The molecule has 2 unspecified atom stereocenters. The molecule has 2 saturated heterocycles. The molecule has 1 amide bonds. The summed E-state index contributed by atoms with van der Waals surface area (Å²) in [6.45, 7) is 11.5. The van der Waals surface area contributed by atoms with E-state index in [-0.39, 0.29) is 11.7 Å². The van der Waals surface area contributed by atoms with Crippen LogP contribution >= 0.6 is 0 Å². The van der Waals surface area contributed by atoms with Gasteiger partial charge >= 0.3 is 6.09 Å². The average molecular weight is 282 g/mol. The Bertz CT molecular complexity index is 333. The molecule has 0 aromatic rings. The molecular formula is C16H30N2O2. The van der Waals surface area contributed by atoms with Crippen LogP contribution in [0, 0.1) is 0 Å². The first kappa shape index (κ1) is 15.6. The summed E-state index contributed by atoms with van der Waals surface area (Å²) >= 11 is 0. The Labute approximate surface area is 123 Å². The van der Waals surface area contributed by atoms with Crippen molar-refractivity contribution in [2.75, 3.05) is 13.1 Å². The second-order valence-corrected chi connectivity index (χ2v) is 6.95. The monoisotopic (exact) mass is 282 g/mol. The summed E-state index contributed by atoms with van der Waals surface area (Å²) in [6, 6.07) is 2.00. The number of carbonyl (C=O) groups is 1. The highest BCUT2D eigenvalue weighted by atomic mass is 16.6. The lowest BCUT2D eigenvalue weighted by molar-refractivity contribution is -0.000242. The first-order valence-corrected chi connectivity index (χ1v) is 8.19. The van der Waals surface area contributed by atoms with Gasteiger partial charge in [0.2, 0.25) is 0 Å². The van der Waals surface area contributed by atoms with Crippen molar-refractivity contribution in [3.05, 3.63) is 0 Å². The van der Waals surface area contributed by atoms with E-state index in [9.17, 15) is 4.79 Å². The van der Waals surface area contributed by atoms with Crippen LogP contribution in [0.2, 0.25) is 0 Å². The Kier molecular flexibility index (Phi) is 4.62. The summed E-state index contributed by atoms with van der Waals surface area (Å²) in [4.78, 5) is 16.7. The maximum Gasteiger partial charge on any atom is 0.410 e. The maximum absolute atomic E-state index is 12.1. The lowest BCUT2D eigenvalue weighted by atomic mass is 10.2. The van der Waals surface area contributed by atoms with E-state index in [2.05, 4.69) is 4.90 Å². The van der Waals surface area contributed by atoms with Crippen molar-refractivity contribution in [1.29, 1.82) is 0 Å². The van der Waals surface area contributed by atoms with E-state index in [0.29, 0.717) is 12.1 Å². The van der Waals surface area contributed by atoms with Gasteiger partial charge in [-0.05, 0) is 46.5 Å². The van der Waals surface area contributed by atoms with Crippen molar-refractivity contribution >= 4 is 6.09 Å². The van der Waals surface area contributed by atoms with E-state index < -0.39 is 0 Å². The van der Waals surface area contributed by atoms with E-state index in [0.717, 1.165) is 19.1 Å². The highest BCUT2D eigenvalue weighted by Gasteiger charge is 2.47. The fourth-order valence-electron chi connectivity index (χ4n) is 3.38. The Balaban J connectivity index is 0.000000704. The summed E-state index contributed by atoms with van der Waals surface area (Å²) in [6.07, 6.45) is 5.09. The van der Waals surface area contributed by atoms with E-state index in [4.69, 9.17) is 4.74 Å². The molecule has 0 spiro atoms. The van der Waals surface area contributed by atoms with E-state index in [1.54, 1.807) is 0 Å². The highest BCUT2D eigenvalue weighted by molar-refractivity contribution is 5.68. The fraction of sp³-hybridized carbons (Fsp3) is 0.938. The molecular weight excluding hydrogens is 252 g/mol. The van der Waals surface area contributed by atoms with Crippen molar-refractivity contribution < 1.29 is 9.53 Å². The van der Waals surface area contributed by atoms with Gasteiger partial charge in [-0.3, -0.25) is 4.90 Å². The second-order valence-electron chi connectivity index (χ2n) is 6.95. The van der Waals surface area contributed by atoms with Gasteiger partial charge in [-0.15, -0.1) is 0 Å². The molecule has 3 rings (SSSR count). The third-order valence-electron chi connectivity index (χ3n) is 4.16. The van der Waals surface area contributed by atoms with Gasteiger partial charge in [-0.1, -0.05) is 13.8 Å². The van der Waals surface area contributed by atoms with Crippen LogP contribution in [0.5, 0.6) is 0 Å². The molecule has 0 radical (unpaired) electrons. The van der Waals surface area contributed by atoms with Gasteiger partial charge in [-0.2, -0.15) is 0 Å². The van der Waals surface area contributed by atoms with Crippen molar-refractivity contribution in [1.82, 2.24) is 9.80 Å². The number of amides is 1. The Morgan fingerprint density at radius 1 is 0.950 bits per heavy atom. The molecule has 1 aliphatic carbocycles. The van der Waals surface area contributed by atoms with Crippen LogP contribution in [0.15, 0.2) is 0 Å². The second kappa shape index (κ2) is 5.92. The zero-order valence-corrected chi connectivity index (χ0v) is 13.7. The zero-order chi connectivity index (χ0) is 14.9. The van der Waals surface area contributed by atoms with Gasteiger partial charge in [0.25, 0.3) is 0 Å². The standard InChI is InChI=1S/C14H24N2O2.C2H6/c1-14(2,3)18-13(17)15-8-11-6-7-12(9-15)16(11)10-4-5-10;1-2/h10-12H,4-9H2,1-3H3;1-2H3. The van der Waals surface area contributed by atoms with E-state index in [1.807, 2.05) is 39.5 Å². The molecule has 116 valence electrons. The lowest BCUT2D eigenvalue weighted by Gasteiger charge is -2.41. The zero-order valence-electron chi connectivity index (χ0n) is 13.7. The molecule has 4 nitrogen and oxygen atoms in total. The number of ether oxygens (including phenoxy) is 1. The van der Waals surface area contributed by atoms with E-state index in [1.165, 1.54) is 25.7 Å². The number of fused-ring (bicyclic) bond motifs is 2. The van der Waals surface area contributed by atoms with Crippen LogP contribution in [0.25, 0.3) is 0 Å². The molecule has 2 aliphatic heterocycles. The van der Waals surface area contributed by atoms with Crippen LogP contribution in [-0.2, 0) is 4.74 Å². The van der Waals surface area contributed by atoms with Gasteiger partial charge < -0.3 is 9.64 Å². The van der Waals surface area contributed by atoms with Crippen LogP contribution in [-0.4, -0.2) is 52.7 Å². The number of nitrogens with zero attached hydrogens (tertiary/aromatic N) is 2. The Morgan fingerprint density at radius 3 is 1.80 bits per heavy atom. The molecule has 2 atom stereocenters. The summed E-state index contributed by atoms with van der Waals surface area (Å²) in [5.41, 5.74) is -0.385. The quantitative estimate of drug-likeness (QED) is 0.740. The van der Waals surface area contributed by atoms with Crippen molar-refractivity contribution in [3.8, 4) is 0 Å². The number of carbonyl (C=O) groups excluding carboxylic acids is 1. The summed E-state index contributed by atoms with van der Waals surface area (Å²) in [7, 11) is 0. The first-order chi connectivity index (χ1) is 9.44. The molecule has 3 fully saturated rings. The average Bonchev–Trinajstić information content (AvgIpc) is 3.17. The van der Waals surface area contributed by atoms with Crippen molar-refractivity contribution in [2.45, 2.75) is 84.0 Å². The summed E-state index contributed by atoms with van der Waals surface area (Å²) in [5, 5.41) is 0. The summed E-state index contributed by atoms with van der Waals surface area (Å²) < 4.78 is 5.48.